The van der Waals surface area contributed by atoms with Gasteiger partial charge in [-0.15, -0.1) is 0 Å². The molecule has 0 atom stereocenters. The van der Waals surface area contributed by atoms with Crippen molar-refractivity contribution in [2.24, 2.45) is 0 Å². The van der Waals surface area contributed by atoms with E-state index in [1.165, 1.54) is 89.9 Å². The maximum Gasteiger partial charge on any atom is 0.281 e. The topological polar surface area (TPSA) is 34.9 Å². The van der Waals surface area contributed by atoms with Crippen LogP contribution < -0.4 is 5.56 Å². The van der Waals surface area contributed by atoms with E-state index in [1.54, 1.807) is 0 Å². The molecule has 3 heteroatoms. The van der Waals surface area contributed by atoms with E-state index in [0.29, 0.717) is 0 Å². The summed E-state index contributed by atoms with van der Waals surface area (Å²) >= 11 is 0. The smallest absolute Gasteiger partial charge is 0.281 e. The maximum atomic E-state index is 12.5. The van der Waals surface area contributed by atoms with Gasteiger partial charge in [0.05, 0.1) is 5.56 Å². The summed E-state index contributed by atoms with van der Waals surface area (Å²) < 4.78 is 2.23. The van der Waals surface area contributed by atoms with Crippen LogP contribution in [-0.2, 0) is 6.54 Å². The van der Waals surface area contributed by atoms with Crippen molar-refractivity contribution < 1.29 is 0 Å². The molecule has 0 amide bonds. The lowest BCUT2D eigenvalue weighted by atomic mass is 10.0. The lowest BCUT2D eigenvalue weighted by Crippen LogP contribution is -2.21. The van der Waals surface area contributed by atoms with Crippen molar-refractivity contribution >= 4 is 0 Å². The Morgan fingerprint density at radius 2 is 1.16 bits per heavy atom. The summed E-state index contributed by atoms with van der Waals surface area (Å²) in [5.41, 5.74) is 2.64. The Morgan fingerprint density at radius 1 is 0.688 bits per heavy atom. The van der Waals surface area contributed by atoms with Crippen LogP contribution in [0.25, 0.3) is 11.1 Å². The van der Waals surface area contributed by atoms with Crippen molar-refractivity contribution in [3.05, 3.63) is 52.2 Å². The zero-order valence-electron chi connectivity index (χ0n) is 21.0. The molecule has 1 heterocycles. The molecule has 0 aliphatic carbocycles. The summed E-state index contributed by atoms with van der Waals surface area (Å²) in [7, 11) is 0. The van der Waals surface area contributed by atoms with Gasteiger partial charge in [-0.2, -0.15) is 4.98 Å². The zero-order valence-corrected chi connectivity index (χ0v) is 21.0. The minimum Gasteiger partial charge on any atom is -0.333 e. The van der Waals surface area contributed by atoms with Crippen LogP contribution in [0.5, 0.6) is 0 Å². The van der Waals surface area contributed by atoms with Gasteiger partial charge in [0.15, 0.2) is 0 Å². The van der Waals surface area contributed by atoms with E-state index < -0.39 is 0 Å². The van der Waals surface area contributed by atoms with E-state index in [0.717, 1.165) is 35.6 Å². The van der Waals surface area contributed by atoms with Gasteiger partial charge in [-0.1, -0.05) is 127 Å². The quantitative estimate of drug-likeness (QED) is 0.232. The highest BCUT2D eigenvalue weighted by Crippen LogP contribution is 2.20. The van der Waals surface area contributed by atoms with Crippen molar-refractivity contribution in [1.29, 1.82) is 0 Å². The molecule has 0 saturated carbocycles. The lowest BCUT2D eigenvalue weighted by molar-refractivity contribution is 0.515. The van der Waals surface area contributed by atoms with Crippen molar-refractivity contribution in [2.45, 2.75) is 124 Å². The molecule has 0 bridgehead atoms. The fourth-order valence-electron chi connectivity index (χ4n) is 4.70. The summed E-state index contributed by atoms with van der Waals surface area (Å²) in [5.74, 6) is 0.831. The minimum absolute atomic E-state index is 0.112. The predicted octanol–water partition coefficient (Wildman–Crippen LogP) is 8.40. The molecule has 2 rings (SSSR count). The first-order valence-corrected chi connectivity index (χ1v) is 13.3. The fourth-order valence-corrected chi connectivity index (χ4v) is 4.70. The van der Waals surface area contributed by atoms with Crippen molar-refractivity contribution in [3.63, 3.8) is 0 Å². The molecular weight excluding hydrogens is 392 g/mol. The summed E-state index contributed by atoms with van der Waals surface area (Å²) in [6, 6.07) is 9.94. The molecule has 0 saturated heterocycles. The summed E-state index contributed by atoms with van der Waals surface area (Å²) in [6.45, 7) is 7.24. The Bertz CT molecular complexity index is 810. The molecule has 1 aromatic heterocycles. The van der Waals surface area contributed by atoms with Gasteiger partial charge in [0.2, 0.25) is 0 Å². The van der Waals surface area contributed by atoms with Crippen LogP contribution >= 0.6 is 0 Å². The van der Waals surface area contributed by atoms with Gasteiger partial charge in [-0.05, 0) is 25.8 Å². The molecule has 1 aromatic carbocycles. The second-order valence-electron chi connectivity index (χ2n) is 9.39. The SMILES string of the molecule is CCCCCCCCCCCCCCCCCn1c(C)nc(=O)c(-c2ccccc2)c1C. The van der Waals surface area contributed by atoms with E-state index in [9.17, 15) is 4.79 Å². The molecule has 0 unspecified atom stereocenters. The zero-order chi connectivity index (χ0) is 23.0. The van der Waals surface area contributed by atoms with E-state index in [-0.39, 0.29) is 5.56 Å². The Labute approximate surface area is 196 Å². The first-order chi connectivity index (χ1) is 15.6. The Morgan fingerprint density at radius 3 is 1.66 bits per heavy atom. The standard InChI is InChI=1S/C29H46N2O/c1-4-5-6-7-8-9-10-11-12-13-14-15-16-17-21-24-31-25(2)28(29(32)30-26(31)3)27-22-19-18-20-23-27/h18-20,22-23H,4-17,21,24H2,1-3H3. The minimum atomic E-state index is -0.112. The van der Waals surface area contributed by atoms with Crippen LogP contribution in [0.3, 0.4) is 0 Å². The van der Waals surface area contributed by atoms with Gasteiger partial charge in [-0.25, -0.2) is 0 Å². The van der Waals surface area contributed by atoms with Crippen LogP contribution in [0.2, 0.25) is 0 Å². The normalized spacial score (nSPS) is 11.2. The van der Waals surface area contributed by atoms with Gasteiger partial charge < -0.3 is 4.57 Å². The van der Waals surface area contributed by atoms with E-state index in [2.05, 4.69) is 23.4 Å². The lowest BCUT2D eigenvalue weighted by Gasteiger charge is -2.17. The second kappa shape index (κ2) is 15.8. The number of aromatic nitrogens is 2. The highest BCUT2D eigenvalue weighted by molar-refractivity contribution is 5.64. The first-order valence-electron chi connectivity index (χ1n) is 13.3. The monoisotopic (exact) mass is 438 g/mol. The van der Waals surface area contributed by atoms with Crippen LogP contribution in [0, 0.1) is 13.8 Å². The third kappa shape index (κ3) is 9.30. The molecule has 0 fully saturated rings. The van der Waals surface area contributed by atoms with Gasteiger partial charge in [-0.3, -0.25) is 4.79 Å². The van der Waals surface area contributed by atoms with Crippen molar-refractivity contribution in [1.82, 2.24) is 9.55 Å². The summed E-state index contributed by atoms with van der Waals surface area (Å²) in [6.07, 6.45) is 20.6. The number of nitrogens with zero attached hydrogens (tertiary/aromatic N) is 2. The number of hydrogen-bond acceptors (Lipinski definition) is 2. The molecule has 0 radical (unpaired) electrons. The molecule has 3 nitrogen and oxygen atoms in total. The highest BCUT2D eigenvalue weighted by Gasteiger charge is 2.13. The Kier molecular flexibility index (Phi) is 13.0. The largest absolute Gasteiger partial charge is 0.333 e. The van der Waals surface area contributed by atoms with E-state index in [1.807, 2.05) is 37.3 Å². The number of hydrogen-bond donors (Lipinski definition) is 0. The molecule has 32 heavy (non-hydrogen) atoms. The van der Waals surface area contributed by atoms with Gasteiger partial charge in [0, 0.05) is 12.2 Å². The third-order valence-corrected chi connectivity index (χ3v) is 6.68. The predicted molar refractivity (Wildman–Crippen MR) is 138 cm³/mol. The molecule has 0 spiro atoms. The Balaban J connectivity index is 1.59. The molecule has 0 N–H and O–H groups in total. The third-order valence-electron chi connectivity index (χ3n) is 6.68. The van der Waals surface area contributed by atoms with Crippen LogP contribution in [0.4, 0.5) is 0 Å². The molecule has 0 aliphatic rings. The average Bonchev–Trinajstić information content (AvgIpc) is 2.79. The molecule has 178 valence electrons. The van der Waals surface area contributed by atoms with E-state index in [4.69, 9.17) is 0 Å². The van der Waals surface area contributed by atoms with Gasteiger partial charge in [0.25, 0.3) is 5.56 Å². The van der Waals surface area contributed by atoms with Crippen LogP contribution in [0.15, 0.2) is 35.1 Å². The summed E-state index contributed by atoms with van der Waals surface area (Å²) in [5, 5.41) is 0. The van der Waals surface area contributed by atoms with Crippen molar-refractivity contribution in [3.8, 4) is 11.1 Å². The van der Waals surface area contributed by atoms with E-state index >= 15 is 0 Å². The molecule has 2 aromatic rings. The highest BCUT2D eigenvalue weighted by atomic mass is 16.1. The second-order valence-corrected chi connectivity index (χ2v) is 9.39. The number of benzene rings is 1. The average molecular weight is 439 g/mol. The summed E-state index contributed by atoms with van der Waals surface area (Å²) in [4.78, 5) is 16.8. The number of rotatable bonds is 17. The molecule has 0 aliphatic heterocycles. The van der Waals surface area contributed by atoms with Gasteiger partial charge >= 0.3 is 0 Å². The van der Waals surface area contributed by atoms with Crippen molar-refractivity contribution in [2.75, 3.05) is 0 Å². The van der Waals surface area contributed by atoms with Gasteiger partial charge in [0.1, 0.15) is 5.82 Å². The maximum absolute atomic E-state index is 12.5. The first kappa shape index (κ1) is 26.4. The van der Waals surface area contributed by atoms with Crippen LogP contribution in [0.1, 0.15) is 115 Å². The fraction of sp³-hybridized carbons (Fsp3) is 0.655. The number of unbranched alkanes of at least 4 members (excludes halogenated alkanes) is 14. The van der Waals surface area contributed by atoms with Crippen LogP contribution in [-0.4, -0.2) is 9.55 Å². The molecular formula is C29H46N2O. The number of aryl methyl sites for hydroxylation is 1. The Hall–Kier alpha value is -1.90.